The molecule has 2 N–H and O–H groups in total. The summed E-state index contributed by atoms with van der Waals surface area (Å²) in [6.07, 6.45) is -4.84. The van der Waals surface area contributed by atoms with Gasteiger partial charge in [-0.05, 0) is 35.4 Å². The second-order valence-electron chi connectivity index (χ2n) is 4.35. The number of benzene rings is 2. The maximum absolute atomic E-state index is 12.9. The molecule has 0 atom stereocenters. The zero-order valence-electron chi connectivity index (χ0n) is 11.4. The van der Waals surface area contributed by atoms with Crippen LogP contribution in [0.3, 0.4) is 0 Å². The summed E-state index contributed by atoms with van der Waals surface area (Å²) in [4.78, 5) is 0. The van der Waals surface area contributed by atoms with Crippen LogP contribution in [0, 0.1) is 5.82 Å². The van der Waals surface area contributed by atoms with Gasteiger partial charge in [0.1, 0.15) is 12.4 Å². The smallest absolute Gasteiger partial charge is 0.488 e. The van der Waals surface area contributed by atoms with Gasteiger partial charge in [0.25, 0.3) is 0 Å². The third-order valence-electron chi connectivity index (χ3n) is 2.72. The molecule has 0 spiro atoms. The van der Waals surface area contributed by atoms with Gasteiger partial charge < -0.3 is 15.2 Å². The van der Waals surface area contributed by atoms with Crippen molar-refractivity contribution in [3.63, 3.8) is 0 Å². The van der Waals surface area contributed by atoms with Gasteiger partial charge in [-0.15, -0.1) is 13.2 Å². The minimum absolute atomic E-state index is 0.0596. The van der Waals surface area contributed by atoms with Crippen molar-refractivity contribution in [1.29, 1.82) is 0 Å². The normalized spacial score (nSPS) is 11.3. The summed E-state index contributed by atoms with van der Waals surface area (Å²) in [5, 5.41) is 0. The number of nitrogens with two attached hydrogens (primary N) is 1. The molecule has 7 heteroatoms. The molecule has 3 nitrogen and oxygen atoms in total. The summed E-state index contributed by atoms with van der Waals surface area (Å²) in [6.45, 7) is 0.218. The van der Waals surface area contributed by atoms with Crippen molar-refractivity contribution in [2.45, 2.75) is 6.36 Å². The van der Waals surface area contributed by atoms with E-state index < -0.39 is 17.9 Å². The summed E-state index contributed by atoms with van der Waals surface area (Å²) in [5.74, 6) is -0.963. The highest BCUT2D eigenvalue weighted by Gasteiger charge is 2.32. The molecule has 118 valence electrons. The first-order valence-electron chi connectivity index (χ1n) is 6.37. The second kappa shape index (κ2) is 6.65. The van der Waals surface area contributed by atoms with Gasteiger partial charge in [-0.2, -0.15) is 0 Å². The monoisotopic (exact) mass is 315 g/mol. The Labute approximate surface area is 124 Å². The number of hydrogen-bond donors (Lipinski definition) is 1. The molecule has 0 heterocycles. The van der Waals surface area contributed by atoms with Crippen LogP contribution in [0.2, 0.25) is 0 Å². The first-order valence-corrected chi connectivity index (χ1v) is 6.37. The van der Waals surface area contributed by atoms with Crippen molar-refractivity contribution in [2.24, 2.45) is 5.73 Å². The van der Waals surface area contributed by atoms with Gasteiger partial charge in [0.2, 0.25) is 0 Å². The number of hydrogen-bond acceptors (Lipinski definition) is 3. The van der Waals surface area contributed by atoms with E-state index in [4.69, 9.17) is 10.5 Å². The molecule has 0 saturated carbocycles. The molecule has 0 aliphatic carbocycles. The van der Waals surface area contributed by atoms with Crippen LogP contribution in [0.1, 0.15) is 0 Å². The fourth-order valence-electron chi connectivity index (χ4n) is 1.82. The van der Waals surface area contributed by atoms with Crippen LogP contribution >= 0.6 is 0 Å². The minimum Gasteiger partial charge on any atom is -0.488 e. The second-order valence-corrected chi connectivity index (χ2v) is 4.35. The molecule has 2 aromatic rings. The van der Waals surface area contributed by atoms with Crippen LogP contribution in [0.25, 0.3) is 11.1 Å². The molecule has 0 aliphatic heterocycles. The molecule has 0 fully saturated rings. The average molecular weight is 315 g/mol. The Bertz CT molecular complexity index is 626. The Kier molecular flexibility index (Phi) is 4.87. The predicted molar refractivity (Wildman–Crippen MR) is 73.1 cm³/mol. The zero-order chi connectivity index (χ0) is 16.2. The van der Waals surface area contributed by atoms with Crippen molar-refractivity contribution in [3.05, 3.63) is 48.3 Å². The van der Waals surface area contributed by atoms with E-state index >= 15 is 0 Å². The van der Waals surface area contributed by atoms with Crippen LogP contribution in [-0.4, -0.2) is 19.5 Å². The molecule has 2 rings (SSSR count). The standard InChI is InChI=1S/C15H13F4NO2/c16-12-4-1-10(2-5-12)11-3-6-13(21-8-7-20)14(9-11)22-15(17,18)19/h1-6,9H,7-8,20H2. The summed E-state index contributed by atoms with van der Waals surface area (Å²) >= 11 is 0. The van der Waals surface area contributed by atoms with Gasteiger partial charge in [-0.1, -0.05) is 18.2 Å². The lowest BCUT2D eigenvalue weighted by molar-refractivity contribution is -0.275. The van der Waals surface area contributed by atoms with Gasteiger partial charge >= 0.3 is 6.36 Å². The van der Waals surface area contributed by atoms with E-state index in [2.05, 4.69) is 4.74 Å². The fraction of sp³-hybridized carbons (Fsp3) is 0.200. The summed E-state index contributed by atoms with van der Waals surface area (Å²) in [5.41, 5.74) is 6.26. The van der Waals surface area contributed by atoms with Crippen molar-refractivity contribution < 1.29 is 27.0 Å². The zero-order valence-corrected chi connectivity index (χ0v) is 11.4. The van der Waals surface area contributed by atoms with Crippen LogP contribution < -0.4 is 15.2 Å². The van der Waals surface area contributed by atoms with Crippen molar-refractivity contribution in [2.75, 3.05) is 13.2 Å². The van der Waals surface area contributed by atoms with Gasteiger partial charge in [-0.3, -0.25) is 0 Å². The van der Waals surface area contributed by atoms with Gasteiger partial charge in [0.05, 0.1) is 0 Å². The molecule has 0 aromatic heterocycles. The van der Waals surface area contributed by atoms with Gasteiger partial charge in [-0.25, -0.2) is 4.39 Å². The average Bonchev–Trinajstić information content (AvgIpc) is 2.45. The van der Waals surface area contributed by atoms with Crippen LogP contribution in [0.4, 0.5) is 17.6 Å². The maximum Gasteiger partial charge on any atom is 0.573 e. The van der Waals surface area contributed by atoms with E-state index in [0.29, 0.717) is 11.1 Å². The molecular weight excluding hydrogens is 302 g/mol. The SMILES string of the molecule is NCCOc1ccc(-c2ccc(F)cc2)cc1OC(F)(F)F. The Morgan fingerprint density at radius 2 is 1.55 bits per heavy atom. The Morgan fingerprint density at radius 3 is 2.14 bits per heavy atom. The molecule has 0 radical (unpaired) electrons. The third-order valence-corrected chi connectivity index (χ3v) is 2.72. The highest BCUT2D eigenvalue weighted by atomic mass is 19.4. The quantitative estimate of drug-likeness (QED) is 0.855. The molecule has 0 saturated heterocycles. The Hall–Kier alpha value is -2.28. The van der Waals surface area contributed by atoms with Crippen LogP contribution in [0.15, 0.2) is 42.5 Å². The van der Waals surface area contributed by atoms with E-state index in [9.17, 15) is 17.6 Å². The van der Waals surface area contributed by atoms with E-state index in [1.54, 1.807) is 6.07 Å². The third kappa shape index (κ3) is 4.36. The number of ether oxygens (including phenoxy) is 2. The summed E-state index contributed by atoms with van der Waals surface area (Å²) in [7, 11) is 0. The number of rotatable bonds is 5. The molecule has 0 amide bonds. The predicted octanol–water partition coefficient (Wildman–Crippen LogP) is 3.73. The molecule has 2 aromatic carbocycles. The van der Waals surface area contributed by atoms with E-state index in [1.165, 1.54) is 36.4 Å². The number of halogens is 4. The van der Waals surface area contributed by atoms with Crippen molar-refractivity contribution in [3.8, 4) is 22.6 Å². The van der Waals surface area contributed by atoms with Gasteiger partial charge in [0, 0.05) is 6.54 Å². The lowest BCUT2D eigenvalue weighted by atomic mass is 10.1. The van der Waals surface area contributed by atoms with E-state index in [-0.39, 0.29) is 18.9 Å². The minimum atomic E-state index is -4.84. The molecule has 0 aliphatic rings. The van der Waals surface area contributed by atoms with Crippen LogP contribution in [0.5, 0.6) is 11.5 Å². The molecule has 0 unspecified atom stereocenters. The topological polar surface area (TPSA) is 44.5 Å². The molecule has 22 heavy (non-hydrogen) atoms. The lowest BCUT2D eigenvalue weighted by Gasteiger charge is -2.15. The number of alkyl halides is 3. The molecule has 0 bridgehead atoms. The largest absolute Gasteiger partial charge is 0.573 e. The summed E-state index contributed by atoms with van der Waals surface area (Å²) in [6, 6.07) is 9.46. The Morgan fingerprint density at radius 1 is 0.909 bits per heavy atom. The van der Waals surface area contributed by atoms with Crippen molar-refractivity contribution >= 4 is 0 Å². The molecular formula is C15H13F4NO2. The van der Waals surface area contributed by atoms with Gasteiger partial charge in [0.15, 0.2) is 11.5 Å². The fourth-order valence-corrected chi connectivity index (χ4v) is 1.82. The summed E-state index contributed by atoms with van der Waals surface area (Å²) < 4.78 is 59.4. The van der Waals surface area contributed by atoms with E-state index in [0.717, 1.165) is 0 Å². The lowest BCUT2D eigenvalue weighted by Crippen LogP contribution is -2.18. The highest BCUT2D eigenvalue weighted by Crippen LogP contribution is 2.36. The van der Waals surface area contributed by atoms with Crippen LogP contribution in [-0.2, 0) is 0 Å². The first kappa shape index (κ1) is 16.1. The van der Waals surface area contributed by atoms with Crippen molar-refractivity contribution in [1.82, 2.24) is 0 Å². The Balaban J connectivity index is 2.37. The first-order chi connectivity index (χ1) is 10.4. The van der Waals surface area contributed by atoms with E-state index in [1.807, 2.05) is 0 Å². The maximum atomic E-state index is 12.9. The highest BCUT2D eigenvalue weighted by molar-refractivity contribution is 5.67.